The lowest BCUT2D eigenvalue weighted by Crippen LogP contribution is -2.35. The van der Waals surface area contributed by atoms with Crippen LogP contribution >= 0.6 is 0 Å². The van der Waals surface area contributed by atoms with Crippen LogP contribution in [0.3, 0.4) is 0 Å². The molecule has 4 nitrogen and oxygen atoms in total. The quantitative estimate of drug-likeness (QED) is 0.888. The summed E-state index contributed by atoms with van der Waals surface area (Å²) in [6.45, 7) is 4.74. The van der Waals surface area contributed by atoms with Crippen LogP contribution in [0, 0.1) is 11.3 Å². The number of benzene rings is 1. The van der Waals surface area contributed by atoms with Crippen molar-refractivity contribution >= 4 is 11.9 Å². The number of aromatic carboxylic acids is 1. The summed E-state index contributed by atoms with van der Waals surface area (Å²) in [6, 6.07) is 6.60. The molecular weight excluding hydrogens is 254 g/mol. The molecule has 0 spiro atoms. The fourth-order valence-electron chi connectivity index (χ4n) is 2.89. The highest BCUT2D eigenvalue weighted by atomic mass is 16.4. The van der Waals surface area contributed by atoms with E-state index in [9.17, 15) is 9.59 Å². The maximum atomic E-state index is 12.2. The Morgan fingerprint density at radius 2 is 1.95 bits per heavy atom. The normalized spacial score (nSPS) is 20.6. The molecule has 20 heavy (non-hydrogen) atoms. The third kappa shape index (κ3) is 3.18. The van der Waals surface area contributed by atoms with Crippen molar-refractivity contribution in [1.82, 2.24) is 5.32 Å². The molecule has 1 atom stereocenters. The molecule has 1 unspecified atom stereocenters. The second-order valence-corrected chi connectivity index (χ2v) is 6.15. The number of rotatable bonds is 4. The van der Waals surface area contributed by atoms with E-state index in [0.717, 1.165) is 24.8 Å². The number of amides is 1. The highest BCUT2D eigenvalue weighted by molar-refractivity contribution is 5.87. The summed E-state index contributed by atoms with van der Waals surface area (Å²) >= 11 is 0. The summed E-state index contributed by atoms with van der Waals surface area (Å²) in [5.41, 5.74) is 1.26. The zero-order valence-corrected chi connectivity index (χ0v) is 12.0. The summed E-state index contributed by atoms with van der Waals surface area (Å²) < 4.78 is 0. The zero-order chi connectivity index (χ0) is 14.8. The van der Waals surface area contributed by atoms with Crippen molar-refractivity contribution in [3.63, 3.8) is 0 Å². The van der Waals surface area contributed by atoms with E-state index in [4.69, 9.17) is 5.11 Å². The van der Waals surface area contributed by atoms with Gasteiger partial charge in [-0.2, -0.15) is 0 Å². The van der Waals surface area contributed by atoms with Crippen LogP contribution in [0.5, 0.6) is 0 Å². The molecule has 1 aromatic carbocycles. The van der Waals surface area contributed by atoms with Gasteiger partial charge < -0.3 is 10.4 Å². The molecule has 2 N–H and O–H groups in total. The Morgan fingerprint density at radius 3 is 2.45 bits per heavy atom. The third-order valence-electron chi connectivity index (χ3n) is 4.24. The molecule has 1 aliphatic rings. The van der Waals surface area contributed by atoms with Crippen molar-refractivity contribution in [3.05, 3.63) is 35.4 Å². The van der Waals surface area contributed by atoms with Crippen LogP contribution in [0.2, 0.25) is 0 Å². The molecule has 0 radical (unpaired) electrons. The summed E-state index contributed by atoms with van der Waals surface area (Å²) in [6.07, 6.45) is 3.16. The molecule has 108 valence electrons. The van der Waals surface area contributed by atoms with Gasteiger partial charge in [-0.25, -0.2) is 4.79 Å². The largest absolute Gasteiger partial charge is 0.478 e. The molecule has 0 saturated heterocycles. The number of nitrogens with one attached hydrogen (secondary N) is 1. The van der Waals surface area contributed by atoms with Crippen LogP contribution in [0.25, 0.3) is 0 Å². The molecule has 0 aromatic heterocycles. The molecular formula is C16H21NO3. The Labute approximate surface area is 119 Å². The third-order valence-corrected chi connectivity index (χ3v) is 4.24. The number of hydrogen-bond acceptors (Lipinski definition) is 2. The molecule has 1 fully saturated rings. The van der Waals surface area contributed by atoms with Gasteiger partial charge >= 0.3 is 5.97 Å². The monoisotopic (exact) mass is 275 g/mol. The Morgan fingerprint density at radius 1 is 1.30 bits per heavy atom. The lowest BCUT2D eigenvalue weighted by atomic mass is 9.81. The first-order valence-electron chi connectivity index (χ1n) is 7.00. The highest BCUT2D eigenvalue weighted by Gasteiger charge is 2.38. The van der Waals surface area contributed by atoms with Crippen LogP contribution in [0.1, 0.15) is 49.0 Å². The fourth-order valence-corrected chi connectivity index (χ4v) is 2.89. The Kier molecular flexibility index (Phi) is 4.12. The van der Waals surface area contributed by atoms with Gasteiger partial charge in [-0.3, -0.25) is 4.79 Å². The first kappa shape index (κ1) is 14.6. The SMILES string of the molecule is CC1(C)CCCC1C(=O)NCc1ccc(C(=O)O)cc1. The predicted molar refractivity (Wildman–Crippen MR) is 76.4 cm³/mol. The van der Waals surface area contributed by atoms with Crippen LogP contribution in [0.15, 0.2) is 24.3 Å². The van der Waals surface area contributed by atoms with E-state index >= 15 is 0 Å². The van der Waals surface area contributed by atoms with Crippen LogP contribution < -0.4 is 5.32 Å². The minimum atomic E-state index is -0.937. The molecule has 0 heterocycles. The lowest BCUT2D eigenvalue weighted by Gasteiger charge is -2.25. The van der Waals surface area contributed by atoms with Gasteiger partial charge in [-0.1, -0.05) is 32.4 Å². The smallest absolute Gasteiger partial charge is 0.335 e. The second-order valence-electron chi connectivity index (χ2n) is 6.15. The van der Waals surface area contributed by atoms with E-state index in [1.54, 1.807) is 24.3 Å². The molecule has 1 amide bonds. The first-order valence-corrected chi connectivity index (χ1v) is 7.00. The van der Waals surface area contributed by atoms with Crippen molar-refractivity contribution in [2.24, 2.45) is 11.3 Å². The van der Waals surface area contributed by atoms with Gasteiger partial charge in [0.2, 0.25) is 5.91 Å². The Balaban J connectivity index is 1.92. The second kappa shape index (κ2) is 5.65. The first-order chi connectivity index (χ1) is 9.40. The molecule has 0 aliphatic heterocycles. The molecule has 0 bridgehead atoms. The topological polar surface area (TPSA) is 66.4 Å². The number of carbonyl (C=O) groups is 2. The van der Waals surface area contributed by atoms with E-state index in [2.05, 4.69) is 19.2 Å². The Bertz CT molecular complexity index is 505. The molecule has 1 saturated carbocycles. The van der Waals surface area contributed by atoms with Crippen molar-refractivity contribution < 1.29 is 14.7 Å². The van der Waals surface area contributed by atoms with Gasteiger partial charge in [0.25, 0.3) is 0 Å². The standard InChI is InChI=1S/C16H21NO3/c1-16(2)9-3-4-13(16)14(18)17-10-11-5-7-12(8-6-11)15(19)20/h5-8,13H,3-4,9-10H2,1-2H3,(H,17,18)(H,19,20). The van der Waals surface area contributed by atoms with Gasteiger partial charge in [0.05, 0.1) is 5.56 Å². The average Bonchev–Trinajstić information content (AvgIpc) is 2.76. The van der Waals surface area contributed by atoms with E-state index in [-0.39, 0.29) is 22.8 Å². The van der Waals surface area contributed by atoms with Gasteiger partial charge in [-0.15, -0.1) is 0 Å². The summed E-state index contributed by atoms with van der Waals surface area (Å²) in [5, 5.41) is 11.8. The van der Waals surface area contributed by atoms with Crippen LogP contribution in [0.4, 0.5) is 0 Å². The van der Waals surface area contributed by atoms with Crippen molar-refractivity contribution in [2.45, 2.75) is 39.7 Å². The molecule has 4 heteroatoms. The van der Waals surface area contributed by atoms with E-state index in [0.29, 0.717) is 6.54 Å². The maximum Gasteiger partial charge on any atom is 0.335 e. The number of carboxylic acid groups (broad SMARTS) is 1. The fraction of sp³-hybridized carbons (Fsp3) is 0.500. The van der Waals surface area contributed by atoms with Gasteiger partial charge in [0.15, 0.2) is 0 Å². The zero-order valence-electron chi connectivity index (χ0n) is 12.0. The summed E-state index contributed by atoms with van der Waals surface area (Å²) in [5.74, 6) is -0.746. The predicted octanol–water partition coefficient (Wildman–Crippen LogP) is 2.83. The maximum absolute atomic E-state index is 12.2. The van der Waals surface area contributed by atoms with Gasteiger partial charge in [-0.05, 0) is 36.0 Å². The van der Waals surface area contributed by atoms with Crippen LogP contribution in [-0.4, -0.2) is 17.0 Å². The Hall–Kier alpha value is -1.84. The van der Waals surface area contributed by atoms with Crippen molar-refractivity contribution in [3.8, 4) is 0 Å². The van der Waals surface area contributed by atoms with Crippen molar-refractivity contribution in [1.29, 1.82) is 0 Å². The molecule has 1 aromatic rings. The van der Waals surface area contributed by atoms with Gasteiger partial charge in [0.1, 0.15) is 0 Å². The highest BCUT2D eigenvalue weighted by Crippen LogP contribution is 2.42. The van der Waals surface area contributed by atoms with Gasteiger partial charge in [0, 0.05) is 12.5 Å². The number of hydrogen-bond donors (Lipinski definition) is 2. The minimum Gasteiger partial charge on any atom is -0.478 e. The lowest BCUT2D eigenvalue weighted by molar-refractivity contribution is -0.127. The van der Waals surface area contributed by atoms with Crippen molar-refractivity contribution in [2.75, 3.05) is 0 Å². The van der Waals surface area contributed by atoms with E-state index in [1.165, 1.54) is 0 Å². The molecule has 1 aliphatic carbocycles. The number of carboxylic acids is 1. The minimum absolute atomic E-state index is 0.0806. The van der Waals surface area contributed by atoms with E-state index < -0.39 is 5.97 Å². The average molecular weight is 275 g/mol. The summed E-state index contributed by atoms with van der Waals surface area (Å²) in [4.78, 5) is 23.0. The molecule has 2 rings (SSSR count). The number of carbonyl (C=O) groups excluding carboxylic acids is 1. The summed E-state index contributed by atoms with van der Waals surface area (Å²) in [7, 11) is 0. The van der Waals surface area contributed by atoms with E-state index in [1.807, 2.05) is 0 Å². The van der Waals surface area contributed by atoms with Crippen LogP contribution in [-0.2, 0) is 11.3 Å².